The highest BCUT2D eigenvalue weighted by Gasteiger charge is 2.13. The molecule has 0 radical (unpaired) electrons. The summed E-state index contributed by atoms with van der Waals surface area (Å²) < 4.78 is 0. The van der Waals surface area contributed by atoms with Crippen molar-refractivity contribution in [2.45, 2.75) is 78.1 Å². The molecule has 0 fully saturated rings. The van der Waals surface area contributed by atoms with Gasteiger partial charge in [-0.3, -0.25) is 0 Å². The van der Waals surface area contributed by atoms with Crippen molar-refractivity contribution in [2.75, 3.05) is 0 Å². The molecule has 28 heavy (non-hydrogen) atoms. The minimum Gasteiger partial charge on any atom is -0.135 e. The van der Waals surface area contributed by atoms with E-state index in [2.05, 4.69) is 70.0 Å². The minimum absolute atomic E-state index is 1.19. The maximum absolute atomic E-state index is 3.47. The summed E-state index contributed by atoms with van der Waals surface area (Å²) in [5.74, 6) is 0. The highest BCUT2D eigenvalue weighted by molar-refractivity contribution is 9.11. The molecule has 0 bridgehead atoms. The summed E-state index contributed by atoms with van der Waals surface area (Å²) in [7, 11) is 0. The SMILES string of the molecule is CCCCCCc1cc(-c2cc(CCCCCC)c(/C=C\Br)s2)sc1/C=C\Br. The van der Waals surface area contributed by atoms with Gasteiger partial charge >= 0.3 is 0 Å². The van der Waals surface area contributed by atoms with E-state index in [1.54, 1.807) is 0 Å². The molecule has 0 aliphatic rings. The topological polar surface area (TPSA) is 0 Å². The summed E-state index contributed by atoms with van der Waals surface area (Å²) in [6.45, 7) is 4.55. The number of hydrogen-bond acceptors (Lipinski definition) is 2. The minimum atomic E-state index is 1.19. The van der Waals surface area contributed by atoms with Crippen LogP contribution in [-0.4, -0.2) is 0 Å². The van der Waals surface area contributed by atoms with Gasteiger partial charge in [0, 0.05) is 19.5 Å². The maximum atomic E-state index is 3.47. The van der Waals surface area contributed by atoms with E-state index in [-0.39, 0.29) is 0 Å². The second-order valence-corrected chi connectivity index (χ2v) is 10.4. The molecule has 0 saturated heterocycles. The predicted molar refractivity (Wildman–Crippen MR) is 139 cm³/mol. The summed E-state index contributed by atoms with van der Waals surface area (Å²) in [6.07, 6.45) is 17.3. The first kappa shape index (κ1) is 24.1. The van der Waals surface area contributed by atoms with Crippen LogP contribution < -0.4 is 0 Å². The Morgan fingerprint density at radius 3 is 1.46 bits per heavy atom. The van der Waals surface area contributed by atoms with E-state index in [9.17, 15) is 0 Å². The summed E-state index contributed by atoms with van der Waals surface area (Å²) in [4.78, 5) is 9.62. The lowest BCUT2D eigenvalue weighted by molar-refractivity contribution is 0.667. The van der Waals surface area contributed by atoms with Crippen LogP contribution in [0, 0.1) is 0 Å². The molecule has 2 heterocycles. The number of unbranched alkanes of at least 4 members (excludes halogenated alkanes) is 6. The molecule has 2 rings (SSSR count). The van der Waals surface area contributed by atoms with Crippen LogP contribution in [0.2, 0.25) is 0 Å². The quantitative estimate of drug-likeness (QED) is 0.220. The smallest absolute Gasteiger partial charge is 0.0452 e. The maximum Gasteiger partial charge on any atom is 0.0452 e. The highest BCUT2D eigenvalue weighted by atomic mass is 79.9. The first-order valence-electron chi connectivity index (χ1n) is 10.5. The van der Waals surface area contributed by atoms with Gasteiger partial charge in [0.15, 0.2) is 0 Å². The highest BCUT2D eigenvalue weighted by Crippen LogP contribution is 2.40. The van der Waals surface area contributed by atoms with Crippen LogP contribution in [0.3, 0.4) is 0 Å². The molecular formula is C24H32Br2S2. The Kier molecular flexibility index (Phi) is 12.0. The van der Waals surface area contributed by atoms with Gasteiger partial charge in [0.25, 0.3) is 0 Å². The van der Waals surface area contributed by atoms with Crippen molar-refractivity contribution in [1.82, 2.24) is 0 Å². The zero-order chi connectivity index (χ0) is 20.2. The first-order chi connectivity index (χ1) is 13.7. The van der Waals surface area contributed by atoms with Crippen LogP contribution in [0.4, 0.5) is 0 Å². The molecule has 4 heteroatoms. The van der Waals surface area contributed by atoms with E-state index < -0.39 is 0 Å². The Bertz CT molecular complexity index is 688. The van der Waals surface area contributed by atoms with Crippen LogP contribution in [0.1, 0.15) is 86.1 Å². The largest absolute Gasteiger partial charge is 0.135 e. The molecule has 154 valence electrons. The van der Waals surface area contributed by atoms with Gasteiger partial charge in [0.05, 0.1) is 0 Å². The Morgan fingerprint density at radius 1 is 0.679 bits per heavy atom. The fourth-order valence-electron chi connectivity index (χ4n) is 3.40. The van der Waals surface area contributed by atoms with E-state index in [0.29, 0.717) is 0 Å². The van der Waals surface area contributed by atoms with Gasteiger partial charge in [-0.2, -0.15) is 0 Å². The molecule has 2 aromatic heterocycles. The third-order valence-electron chi connectivity index (χ3n) is 4.95. The van der Waals surface area contributed by atoms with Crippen LogP contribution >= 0.6 is 54.5 Å². The number of aryl methyl sites for hydroxylation is 2. The van der Waals surface area contributed by atoms with Crippen molar-refractivity contribution in [1.29, 1.82) is 0 Å². The molecule has 0 N–H and O–H groups in total. The third kappa shape index (κ3) is 7.59. The van der Waals surface area contributed by atoms with Crippen LogP contribution in [0.15, 0.2) is 22.1 Å². The van der Waals surface area contributed by atoms with Crippen LogP contribution in [0.5, 0.6) is 0 Å². The molecule has 0 amide bonds. The van der Waals surface area contributed by atoms with E-state index >= 15 is 0 Å². The predicted octanol–water partition coefficient (Wildman–Crippen LogP) is 10.5. The second-order valence-electron chi connectivity index (χ2n) is 7.21. The van der Waals surface area contributed by atoms with Gasteiger partial charge in [-0.1, -0.05) is 84.2 Å². The van der Waals surface area contributed by atoms with E-state index in [1.807, 2.05) is 32.6 Å². The molecule has 0 aliphatic carbocycles. The molecule has 0 nitrogen and oxygen atoms in total. The monoisotopic (exact) mass is 542 g/mol. The summed E-state index contributed by atoms with van der Waals surface area (Å²) in [5, 5.41) is 0. The lowest BCUT2D eigenvalue weighted by Crippen LogP contribution is -1.85. The molecule has 0 aromatic carbocycles. The van der Waals surface area contributed by atoms with Crippen molar-refractivity contribution in [3.05, 3.63) is 43.0 Å². The number of rotatable bonds is 13. The van der Waals surface area contributed by atoms with Gasteiger partial charge in [0.2, 0.25) is 0 Å². The average Bonchev–Trinajstić information content (AvgIpc) is 3.27. The van der Waals surface area contributed by atoms with Gasteiger partial charge in [-0.05, 0) is 71.1 Å². The molecule has 0 aliphatic heterocycles. The Balaban J connectivity index is 2.20. The third-order valence-corrected chi connectivity index (χ3v) is 7.96. The van der Waals surface area contributed by atoms with E-state index in [4.69, 9.17) is 0 Å². The Hall–Kier alpha value is -0.160. The van der Waals surface area contributed by atoms with E-state index in [0.717, 1.165) is 0 Å². The fourth-order valence-corrected chi connectivity index (χ4v) is 6.58. The molecular weight excluding hydrogens is 512 g/mol. The number of halogens is 2. The Morgan fingerprint density at radius 2 is 1.11 bits per heavy atom. The van der Waals surface area contributed by atoms with Crippen molar-refractivity contribution in [3.63, 3.8) is 0 Å². The van der Waals surface area contributed by atoms with Gasteiger partial charge in [0.1, 0.15) is 0 Å². The van der Waals surface area contributed by atoms with Gasteiger partial charge in [-0.15, -0.1) is 22.7 Å². The standard InChI is InChI=1S/C24H32Br2S2/c1-3-5-7-9-11-19-17-23(27-21(19)13-15-25)24-18-20(12-10-8-6-4-2)22(28-24)14-16-26/h13-18H,3-12H2,1-2H3/b15-13-,16-14-. The van der Waals surface area contributed by atoms with Crippen LogP contribution in [-0.2, 0) is 12.8 Å². The fraction of sp³-hybridized carbons (Fsp3) is 0.500. The average molecular weight is 544 g/mol. The zero-order valence-corrected chi connectivity index (χ0v) is 21.9. The second kappa shape index (κ2) is 14.0. The van der Waals surface area contributed by atoms with Crippen molar-refractivity contribution in [3.8, 4) is 9.75 Å². The lowest BCUT2D eigenvalue weighted by atomic mass is 10.1. The first-order valence-corrected chi connectivity index (χ1v) is 14.0. The molecule has 2 aromatic rings. The molecule has 0 atom stereocenters. The molecule has 0 unspecified atom stereocenters. The van der Waals surface area contributed by atoms with Gasteiger partial charge in [-0.25, -0.2) is 0 Å². The summed E-state index contributed by atoms with van der Waals surface area (Å²) in [6, 6.07) is 4.88. The lowest BCUT2D eigenvalue weighted by Gasteiger charge is -1.99. The van der Waals surface area contributed by atoms with Crippen molar-refractivity contribution >= 4 is 66.7 Å². The van der Waals surface area contributed by atoms with Crippen molar-refractivity contribution in [2.24, 2.45) is 0 Å². The number of thiophene rings is 2. The van der Waals surface area contributed by atoms with Crippen LogP contribution in [0.25, 0.3) is 21.9 Å². The molecule has 0 saturated carbocycles. The van der Waals surface area contributed by atoms with E-state index in [1.165, 1.54) is 94.8 Å². The van der Waals surface area contributed by atoms with Crippen molar-refractivity contribution < 1.29 is 0 Å². The number of hydrogen-bond donors (Lipinski definition) is 0. The zero-order valence-electron chi connectivity index (χ0n) is 17.1. The summed E-state index contributed by atoms with van der Waals surface area (Å²) >= 11 is 10.8. The molecule has 0 spiro atoms. The normalized spacial score (nSPS) is 12.0. The summed E-state index contributed by atoms with van der Waals surface area (Å²) in [5.41, 5.74) is 3.00. The van der Waals surface area contributed by atoms with Gasteiger partial charge < -0.3 is 0 Å². The Labute approximate surface area is 196 Å².